The minimum Gasteiger partial charge on any atom is -0.324 e. The van der Waals surface area contributed by atoms with E-state index < -0.39 is 11.6 Å². The quantitative estimate of drug-likeness (QED) is 0.886. The van der Waals surface area contributed by atoms with E-state index in [2.05, 4.69) is 23.5 Å². The Labute approximate surface area is 139 Å². The minimum absolute atomic E-state index is 0.0123. The summed E-state index contributed by atoms with van der Waals surface area (Å²) < 4.78 is 26.4. The molecule has 0 aliphatic carbocycles. The highest BCUT2D eigenvalue weighted by molar-refractivity contribution is 5.91. The van der Waals surface area contributed by atoms with Crippen LogP contribution in [0, 0.1) is 11.6 Å². The highest BCUT2D eigenvalue weighted by Crippen LogP contribution is 2.18. The largest absolute Gasteiger partial charge is 0.324 e. The molecule has 0 fully saturated rings. The van der Waals surface area contributed by atoms with Gasteiger partial charge in [-0.25, -0.2) is 8.78 Å². The molecule has 1 aliphatic heterocycles. The molecule has 3 rings (SSSR count). The molecular formula is C19H19F2N2O+. The third-order valence-electron chi connectivity index (χ3n) is 4.15. The van der Waals surface area contributed by atoms with Gasteiger partial charge in [0.05, 0.1) is 18.8 Å². The second-order valence-corrected chi connectivity index (χ2v) is 5.90. The van der Waals surface area contributed by atoms with Crippen molar-refractivity contribution in [2.24, 2.45) is 0 Å². The summed E-state index contributed by atoms with van der Waals surface area (Å²) in [6.07, 6.45) is 3.05. The van der Waals surface area contributed by atoms with Crippen molar-refractivity contribution in [3.05, 3.63) is 71.8 Å². The van der Waals surface area contributed by atoms with Crippen molar-refractivity contribution in [1.29, 1.82) is 0 Å². The van der Waals surface area contributed by atoms with Crippen LogP contribution in [0.5, 0.6) is 0 Å². The molecule has 0 spiro atoms. The van der Waals surface area contributed by atoms with Crippen molar-refractivity contribution in [2.75, 3.05) is 25.0 Å². The van der Waals surface area contributed by atoms with Gasteiger partial charge in [-0.3, -0.25) is 4.79 Å². The fraction of sp³-hybridized carbons (Fsp3) is 0.211. The van der Waals surface area contributed by atoms with Crippen LogP contribution in [-0.4, -0.2) is 25.5 Å². The van der Waals surface area contributed by atoms with E-state index in [0.29, 0.717) is 0 Å². The van der Waals surface area contributed by atoms with Crippen LogP contribution >= 0.6 is 0 Å². The molecule has 0 saturated heterocycles. The van der Waals surface area contributed by atoms with Crippen molar-refractivity contribution in [2.45, 2.75) is 6.42 Å². The normalized spacial score (nSPS) is 17.2. The van der Waals surface area contributed by atoms with Crippen LogP contribution < -0.4 is 10.2 Å². The number of rotatable bonds is 4. The fourth-order valence-electron chi connectivity index (χ4n) is 2.87. The summed E-state index contributed by atoms with van der Waals surface area (Å²) >= 11 is 0. The number of carbonyl (C=O) groups is 1. The first-order valence-corrected chi connectivity index (χ1v) is 7.95. The lowest BCUT2D eigenvalue weighted by atomic mass is 10.00. The summed E-state index contributed by atoms with van der Waals surface area (Å²) in [5.74, 6) is -1.69. The van der Waals surface area contributed by atoms with Crippen LogP contribution in [0.2, 0.25) is 0 Å². The van der Waals surface area contributed by atoms with E-state index in [1.54, 1.807) is 0 Å². The molecule has 0 aromatic heterocycles. The molecule has 2 N–H and O–H groups in total. The first-order chi connectivity index (χ1) is 11.6. The lowest BCUT2D eigenvalue weighted by Crippen LogP contribution is -3.13. The number of anilines is 1. The standard InChI is InChI=1S/C19H18F2N2O/c20-16-6-7-18(17(21)12-16)22-19(24)13-23-10-8-15(9-11-23)14-4-2-1-3-5-14/h1-8,12H,9-11,13H2,(H,22,24)/p+1. The molecule has 1 heterocycles. The van der Waals surface area contributed by atoms with Gasteiger partial charge in [0.1, 0.15) is 11.6 Å². The predicted molar refractivity (Wildman–Crippen MR) is 89.6 cm³/mol. The average molecular weight is 329 g/mol. The van der Waals surface area contributed by atoms with Gasteiger partial charge in [0, 0.05) is 12.5 Å². The van der Waals surface area contributed by atoms with Gasteiger partial charge in [0.15, 0.2) is 6.54 Å². The lowest BCUT2D eigenvalue weighted by molar-refractivity contribution is -0.886. The predicted octanol–water partition coefficient (Wildman–Crippen LogP) is 2.28. The summed E-state index contributed by atoms with van der Waals surface area (Å²) in [5.41, 5.74) is 2.53. The molecule has 3 nitrogen and oxygen atoms in total. The summed E-state index contributed by atoms with van der Waals surface area (Å²) in [7, 11) is 0. The van der Waals surface area contributed by atoms with Gasteiger partial charge in [-0.15, -0.1) is 0 Å². The SMILES string of the molecule is O=C(C[NH+]1CC=C(c2ccccc2)CC1)Nc1ccc(F)cc1F. The summed E-state index contributed by atoms with van der Waals surface area (Å²) in [4.78, 5) is 13.2. The van der Waals surface area contributed by atoms with Crippen LogP contribution in [-0.2, 0) is 4.79 Å². The van der Waals surface area contributed by atoms with Crippen LogP contribution in [0.3, 0.4) is 0 Å². The number of halogens is 2. The summed E-state index contributed by atoms with van der Waals surface area (Å²) in [6, 6.07) is 13.3. The van der Waals surface area contributed by atoms with E-state index in [4.69, 9.17) is 0 Å². The highest BCUT2D eigenvalue weighted by atomic mass is 19.1. The molecule has 2 aromatic rings. The molecule has 124 valence electrons. The van der Waals surface area contributed by atoms with Gasteiger partial charge in [-0.05, 0) is 29.3 Å². The molecule has 1 atom stereocenters. The first-order valence-electron chi connectivity index (χ1n) is 7.95. The number of nitrogens with one attached hydrogen (secondary N) is 2. The molecular weight excluding hydrogens is 310 g/mol. The monoisotopic (exact) mass is 329 g/mol. The van der Waals surface area contributed by atoms with E-state index in [-0.39, 0.29) is 18.1 Å². The maximum Gasteiger partial charge on any atom is 0.279 e. The Morgan fingerprint density at radius 1 is 1.12 bits per heavy atom. The van der Waals surface area contributed by atoms with Gasteiger partial charge in [-0.2, -0.15) is 0 Å². The molecule has 0 radical (unpaired) electrons. The summed E-state index contributed by atoms with van der Waals surface area (Å²) in [5, 5.41) is 2.51. The summed E-state index contributed by atoms with van der Waals surface area (Å²) in [6.45, 7) is 1.86. The number of carbonyl (C=O) groups excluding carboxylic acids is 1. The van der Waals surface area contributed by atoms with Crippen LogP contribution in [0.4, 0.5) is 14.5 Å². The Morgan fingerprint density at radius 3 is 2.58 bits per heavy atom. The highest BCUT2D eigenvalue weighted by Gasteiger charge is 2.19. The van der Waals surface area contributed by atoms with Crippen molar-refractivity contribution in [3.63, 3.8) is 0 Å². The van der Waals surface area contributed by atoms with Crippen molar-refractivity contribution in [1.82, 2.24) is 0 Å². The lowest BCUT2D eigenvalue weighted by Gasteiger charge is -2.23. The van der Waals surface area contributed by atoms with Gasteiger partial charge < -0.3 is 10.2 Å². The van der Waals surface area contributed by atoms with Gasteiger partial charge in [-0.1, -0.05) is 30.3 Å². The second-order valence-electron chi connectivity index (χ2n) is 5.90. The Hall–Kier alpha value is -2.53. The van der Waals surface area contributed by atoms with Crippen molar-refractivity contribution < 1.29 is 18.5 Å². The number of quaternary nitrogens is 1. The zero-order valence-electron chi connectivity index (χ0n) is 13.2. The molecule has 0 saturated carbocycles. The Morgan fingerprint density at radius 2 is 1.92 bits per heavy atom. The average Bonchev–Trinajstić information content (AvgIpc) is 2.59. The van der Waals surface area contributed by atoms with Gasteiger partial charge in [0.2, 0.25) is 0 Å². The van der Waals surface area contributed by atoms with Crippen LogP contribution in [0.1, 0.15) is 12.0 Å². The molecule has 1 aliphatic rings. The maximum absolute atomic E-state index is 13.6. The fourth-order valence-corrected chi connectivity index (χ4v) is 2.87. The van der Waals surface area contributed by atoms with Crippen LogP contribution in [0.15, 0.2) is 54.6 Å². The molecule has 2 aromatic carbocycles. The van der Waals surface area contributed by atoms with Crippen molar-refractivity contribution in [3.8, 4) is 0 Å². The smallest absolute Gasteiger partial charge is 0.279 e. The molecule has 24 heavy (non-hydrogen) atoms. The molecule has 1 amide bonds. The van der Waals surface area contributed by atoms with E-state index in [1.807, 2.05) is 18.2 Å². The Bertz CT molecular complexity index is 759. The second kappa shape index (κ2) is 7.36. The van der Waals surface area contributed by atoms with Gasteiger partial charge in [0.25, 0.3) is 5.91 Å². The Kier molecular flexibility index (Phi) is 5.01. The molecule has 5 heteroatoms. The molecule has 0 bridgehead atoms. The van der Waals surface area contributed by atoms with Crippen molar-refractivity contribution >= 4 is 17.2 Å². The Balaban J connectivity index is 1.56. The first kappa shape index (κ1) is 16.3. The van der Waals surface area contributed by atoms with E-state index >= 15 is 0 Å². The zero-order valence-corrected chi connectivity index (χ0v) is 13.2. The van der Waals surface area contributed by atoms with Gasteiger partial charge >= 0.3 is 0 Å². The maximum atomic E-state index is 13.6. The van der Waals surface area contributed by atoms with E-state index in [9.17, 15) is 13.6 Å². The number of hydrogen-bond donors (Lipinski definition) is 2. The third kappa shape index (κ3) is 4.06. The number of benzene rings is 2. The topological polar surface area (TPSA) is 33.5 Å². The number of amides is 1. The number of hydrogen-bond acceptors (Lipinski definition) is 1. The van der Waals surface area contributed by atoms with E-state index in [0.717, 1.165) is 36.5 Å². The van der Waals surface area contributed by atoms with E-state index in [1.165, 1.54) is 17.2 Å². The molecule has 1 unspecified atom stereocenters. The third-order valence-corrected chi connectivity index (χ3v) is 4.15. The van der Waals surface area contributed by atoms with Crippen LogP contribution in [0.25, 0.3) is 5.57 Å². The minimum atomic E-state index is -0.761. The zero-order chi connectivity index (χ0) is 16.9.